The van der Waals surface area contributed by atoms with Crippen molar-refractivity contribution in [3.05, 3.63) is 18.2 Å². The topological polar surface area (TPSA) is 134 Å². The average molecular weight is 740 g/mol. The van der Waals surface area contributed by atoms with Crippen LogP contribution in [0, 0.1) is 0 Å². The van der Waals surface area contributed by atoms with Crippen molar-refractivity contribution < 1.29 is 78.6 Å². The van der Waals surface area contributed by atoms with Gasteiger partial charge in [0, 0.05) is 33.8 Å². The van der Waals surface area contributed by atoms with Crippen LogP contribution in [0.2, 0.25) is 0 Å². The normalized spacial score (nSPS) is 10.4. The van der Waals surface area contributed by atoms with Gasteiger partial charge in [-0.15, -0.1) is 0 Å². The van der Waals surface area contributed by atoms with Crippen molar-refractivity contribution in [2.75, 3.05) is 85.3 Å². The van der Waals surface area contributed by atoms with Gasteiger partial charge in [0.2, 0.25) is 17.2 Å². The molecule has 250 valence electrons. The smallest absolute Gasteiger partial charge is 1.00 e. The van der Waals surface area contributed by atoms with E-state index < -0.39 is 8.32 Å². The van der Waals surface area contributed by atoms with Gasteiger partial charge in [-0.3, -0.25) is 0 Å². The molecule has 16 heteroatoms. The van der Waals surface area contributed by atoms with Gasteiger partial charge in [-0.2, -0.15) is 0 Å². The van der Waals surface area contributed by atoms with Crippen molar-refractivity contribution in [3.8, 4) is 69.0 Å². The second-order valence-corrected chi connectivity index (χ2v) is 11.7. The number of halogens is 1. The first-order valence-corrected chi connectivity index (χ1v) is 14.9. The molecule has 0 aliphatic rings. The third-order valence-corrected chi connectivity index (χ3v) is 10.6. The van der Waals surface area contributed by atoms with Crippen LogP contribution >= 0.6 is 0 Å². The zero-order chi connectivity index (χ0) is 32.8. The third-order valence-electron chi connectivity index (χ3n) is 7.10. The molecule has 0 bridgehead atoms. The standard InChI is InChI=1S/C30H39O13Si.BrH.Mg/c1-32-16-13-19(35-4)28(25(41-10)22(16)38-7)44(31,29-20(36-5)14-17(33-2)23(39-8)26(29)42-11)30-21(37-6)15-18(34-3)24(40-9)27(30)43-12;;/h13-15H,1-12H3;1H;/q-1;;+2/p-1. The van der Waals surface area contributed by atoms with Crippen molar-refractivity contribution in [1.82, 2.24) is 0 Å². The van der Waals surface area contributed by atoms with E-state index in [0.29, 0.717) is 0 Å². The summed E-state index contributed by atoms with van der Waals surface area (Å²) in [5.41, 5.74) is 0. The summed E-state index contributed by atoms with van der Waals surface area (Å²) in [6, 6.07) is 4.61. The zero-order valence-electron chi connectivity index (χ0n) is 28.1. The molecule has 0 atom stereocenters. The van der Waals surface area contributed by atoms with Crippen molar-refractivity contribution in [2.45, 2.75) is 0 Å². The van der Waals surface area contributed by atoms with Crippen LogP contribution in [0.5, 0.6) is 69.0 Å². The van der Waals surface area contributed by atoms with E-state index in [4.69, 9.17) is 56.8 Å². The van der Waals surface area contributed by atoms with E-state index in [0.717, 1.165) is 0 Å². The van der Waals surface area contributed by atoms with E-state index in [2.05, 4.69) is 0 Å². The molecule has 0 spiro atoms. The van der Waals surface area contributed by atoms with Gasteiger partial charge in [0.05, 0.1) is 93.6 Å². The maximum Gasteiger partial charge on any atom is 2.00 e. The van der Waals surface area contributed by atoms with Crippen LogP contribution in [-0.2, 0) is 0 Å². The molecule has 0 saturated heterocycles. The fraction of sp³-hybridized carbons (Fsp3) is 0.400. The molecule has 13 nitrogen and oxygen atoms in total. The Labute approximate surface area is 296 Å². The van der Waals surface area contributed by atoms with Gasteiger partial charge in [-0.05, 0) is 0 Å². The second-order valence-electron chi connectivity index (χ2n) is 8.85. The van der Waals surface area contributed by atoms with Gasteiger partial charge in [-0.1, -0.05) is 0 Å². The Morgan fingerprint density at radius 2 is 0.543 bits per heavy atom. The predicted molar refractivity (Wildman–Crippen MR) is 168 cm³/mol. The van der Waals surface area contributed by atoms with Gasteiger partial charge in [0.15, 0.2) is 34.5 Å². The Hall–Kier alpha value is -3.32. The van der Waals surface area contributed by atoms with Crippen LogP contribution in [0.1, 0.15) is 0 Å². The first kappa shape index (κ1) is 40.7. The molecule has 0 fully saturated rings. The van der Waals surface area contributed by atoms with Crippen molar-refractivity contribution in [3.63, 3.8) is 0 Å². The monoisotopic (exact) mass is 738 g/mol. The summed E-state index contributed by atoms with van der Waals surface area (Å²) >= 11 is 0. The number of rotatable bonds is 15. The molecule has 0 aliphatic heterocycles. The maximum atomic E-state index is 16.8. The molecule has 0 saturated carbocycles. The van der Waals surface area contributed by atoms with Crippen LogP contribution in [0.4, 0.5) is 0 Å². The summed E-state index contributed by atoms with van der Waals surface area (Å²) in [5, 5.41) is 0.188. The quantitative estimate of drug-likeness (QED) is 0.123. The zero-order valence-corrected chi connectivity index (χ0v) is 32.1. The van der Waals surface area contributed by atoms with E-state index in [1.54, 1.807) is 0 Å². The van der Waals surface area contributed by atoms with Crippen LogP contribution in [-0.4, -0.2) is 117 Å². The first-order chi connectivity index (χ1) is 21.2. The van der Waals surface area contributed by atoms with E-state index in [1.165, 1.54) is 104 Å². The minimum atomic E-state index is -4.93. The Morgan fingerprint density at radius 1 is 0.348 bits per heavy atom. The van der Waals surface area contributed by atoms with Gasteiger partial charge < -0.3 is 78.6 Å². The molecule has 3 aromatic carbocycles. The minimum Gasteiger partial charge on any atom is -1.00 e. The van der Waals surface area contributed by atoms with Gasteiger partial charge in [0.1, 0.15) is 17.2 Å². The molecule has 0 unspecified atom stereocenters. The number of hydrogen-bond acceptors (Lipinski definition) is 13. The molecule has 3 rings (SSSR count). The third kappa shape index (κ3) is 6.58. The predicted octanol–water partition coefficient (Wildman–Crippen LogP) is -2.26. The fourth-order valence-corrected chi connectivity index (χ4v) is 9.18. The summed E-state index contributed by atoms with van der Waals surface area (Å²) in [5.74, 6) is 1.74. The summed E-state index contributed by atoms with van der Waals surface area (Å²) < 4.78 is 69.2. The van der Waals surface area contributed by atoms with Crippen LogP contribution < -0.4 is 94.2 Å². The molecule has 0 aliphatic carbocycles. The number of hydrogen-bond donors (Lipinski definition) is 0. The van der Waals surface area contributed by atoms with E-state index in [9.17, 15) is 0 Å². The molecular formula is C30H39BrMgO13Si. The van der Waals surface area contributed by atoms with E-state index in [1.807, 2.05) is 0 Å². The number of benzene rings is 3. The van der Waals surface area contributed by atoms with Crippen molar-refractivity contribution in [1.29, 1.82) is 0 Å². The number of methoxy groups -OCH3 is 12. The minimum absolute atomic E-state index is 0. The SMILES string of the molecule is COc1cc(OC)c([Si]([O-])(c2c(OC)cc(OC)c(OC)c2OC)c2c(OC)cc(OC)c(OC)c2OC)c(OC)c1OC.[Br-].[Mg+2]. The summed E-state index contributed by atoms with van der Waals surface area (Å²) in [6.07, 6.45) is 0. The maximum absolute atomic E-state index is 16.8. The summed E-state index contributed by atoms with van der Waals surface area (Å²) in [4.78, 5) is 16.8. The molecule has 0 N–H and O–H groups in total. The van der Waals surface area contributed by atoms with Crippen LogP contribution in [0.3, 0.4) is 0 Å². The number of ether oxygens (including phenoxy) is 12. The Morgan fingerprint density at radius 3 is 0.696 bits per heavy atom. The molecule has 0 heterocycles. The van der Waals surface area contributed by atoms with Crippen molar-refractivity contribution >= 4 is 46.9 Å². The van der Waals surface area contributed by atoms with Gasteiger partial charge in [0.25, 0.3) is 0 Å². The molecule has 46 heavy (non-hydrogen) atoms. The Balaban J connectivity index is 0.00000529. The van der Waals surface area contributed by atoms with E-state index in [-0.39, 0.29) is 125 Å². The molecule has 0 amide bonds. The van der Waals surface area contributed by atoms with Gasteiger partial charge >= 0.3 is 23.1 Å². The fourth-order valence-electron chi connectivity index (χ4n) is 5.26. The molecular weight excluding hydrogens is 701 g/mol. The molecule has 3 aromatic rings. The second kappa shape index (κ2) is 17.6. The largest absolute Gasteiger partial charge is 2.00 e. The summed E-state index contributed by atoms with van der Waals surface area (Å²) in [6.45, 7) is 0. The van der Waals surface area contributed by atoms with Crippen LogP contribution in [0.15, 0.2) is 18.2 Å². The first-order valence-electron chi connectivity index (χ1n) is 13.0. The van der Waals surface area contributed by atoms with Gasteiger partial charge in [-0.25, -0.2) is 0 Å². The summed E-state index contributed by atoms with van der Waals surface area (Å²) in [7, 11) is 12.2. The van der Waals surface area contributed by atoms with Crippen LogP contribution in [0.25, 0.3) is 0 Å². The Bertz CT molecular complexity index is 1320. The Kier molecular flexibility index (Phi) is 15.5. The van der Waals surface area contributed by atoms with Crippen molar-refractivity contribution in [2.24, 2.45) is 0 Å². The molecule has 0 aromatic heterocycles. The molecule has 0 radical (unpaired) electrons. The van der Waals surface area contributed by atoms with E-state index >= 15 is 4.80 Å². The average Bonchev–Trinajstić information content (AvgIpc) is 3.07.